The van der Waals surface area contributed by atoms with Crippen LogP contribution in [0.5, 0.6) is 5.75 Å². The van der Waals surface area contributed by atoms with Crippen molar-refractivity contribution in [1.82, 2.24) is 24.6 Å². The summed E-state index contributed by atoms with van der Waals surface area (Å²) in [4.78, 5) is 35.3. The average Bonchev–Trinajstić information content (AvgIpc) is 3.54. The lowest BCUT2D eigenvalue weighted by Crippen LogP contribution is -2.35. The molecule has 2 unspecified atom stereocenters. The zero-order valence-electron chi connectivity index (χ0n) is 22.0. The van der Waals surface area contributed by atoms with Gasteiger partial charge in [-0.15, -0.1) is 0 Å². The number of nitrogens with one attached hydrogen (secondary N) is 2. The summed E-state index contributed by atoms with van der Waals surface area (Å²) in [7, 11) is -4.16. The zero-order valence-corrected chi connectivity index (χ0v) is 22.8. The molecule has 15 heteroatoms. The molecule has 2 aromatic heterocycles. The Balaban J connectivity index is 1.26. The van der Waals surface area contributed by atoms with Crippen LogP contribution in [0.4, 0.5) is 5.95 Å². The fraction of sp³-hybridized carbons (Fsp3) is 0.308. The van der Waals surface area contributed by atoms with Gasteiger partial charge in [0.1, 0.15) is 24.5 Å². The molecule has 14 nitrogen and oxygen atoms in total. The number of H-pyrrole nitrogens is 1. The summed E-state index contributed by atoms with van der Waals surface area (Å²) >= 11 is 0. The van der Waals surface area contributed by atoms with Crippen LogP contribution >= 0.6 is 7.75 Å². The fourth-order valence-corrected chi connectivity index (χ4v) is 5.77. The highest BCUT2D eigenvalue weighted by atomic mass is 31.2. The van der Waals surface area contributed by atoms with Gasteiger partial charge >= 0.3 is 13.7 Å². The van der Waals surface area contributed by atoms with Crippen LogP contribution in [0.1, 0.15) is 25.1 Å². The van der Waals surface area contributed by atoms with Gasteiger partial charge < -0.3 is 24.8 Å². The highest BCUT2D eigenvalue weighted by molar-refractivity contribution is 7.52. The number of anilines is 1. The van der Waals surface area contributed by atoms with E-state index < -0.39 is 43.8 Å². The molecule has 1 aliphatic heterocycles. The summed E-state index contributed by atoms with van der Waals surface area (Å²) in [5.74, 6) is -0.522. The van der Waals surface area contributed by atoms with Gasteiger partial charge in [-0.05, 0) is 24.6 Å². The molecule has 1 fully saturated rings. The number of aliphatic hydroxyl groups excluding tert-OH is 1. The Labute approximate surface area is 234 Å². The number of carbonyl (C=O) groups excluding carboxylic acids is 1. The molecular weight excluding hydrogens is 555 g/mol. The first-order valence-electron chi connectivity index (χ1n) is 12.7. The first kappa shape index (κ1) is 28.5. The molecule has 0 bridgehead atoms. The number of nitrogen functional groups attached to an aromatic ring is 1. The van der Waals surface area contributed by atoms with Gasteiger partial charge in [0.2, 0.25) is 5.95 Å². The Morgan fingerprint density at radius 3 is 2.68 bits per heavy atom. The second-order valence-electron chi connectivity index (χ2n) is 9.37. The number of aromatic amines is 1. The number of imidazole rings is 1. The molecule has 0 spiro atoms. The van der Waals surface area contributed by atoms with E-state index in [-0.39, 0.29) is 42.5 Å². The summed E-state index contributed by atoms with van der Waals surface area (Å²) in [6.45, 7) is 1.26. The molecule has 5 rings (SSSR count). The maximum atomic E-state index is 13.8. The quantitative estimate of drug-likeness (QED) is 0.149. The van der Waals surface area contributed by atoms with Crippen molar-refractivity contribution in [2.45, 2.75) is 44.4 Å². The van der Waals surface area contributed by atoms with Gasteiger partial charge in [0.15, 0.2) is 17.4 Å². The van der Waals surface area contributed by atoms with E-state index in [9.17, 15) is 19.3 Å². The van der Waals surface area contributed by atoms with Crippen LogP contribution < -0.4 is 20.9 Å². The topological polar surface area (TPSA) is 193 Å². The third-order valence-electron chi connectivity index (χ3n) is 6.22. The Bertz CT molecular complexity index is 1600. The number of nitrogens with two attached hydrogens (primary N) is 1. The number of fused-ring (bicyclic) bond motifs is 1. The van der Waals surface area contributed by atoms with Gasteiger partial charge in [-0.1, -0.05) is 48.5 Å². The number of benzene rings is 2. The number of hydrogen-bond donors (Lipinski definition) is 4. The van der Waals surface area contributed by atoms with Crippen LogP contribution in [-0.2, 0) is 30.0 Å². The lowest BCUT2D eigenvalue weighted by Gasteiger charge is -2.24. The molecule has 2 aromatic carbocycles. The minimum absolute atomic E-state index is 0.0350. The Morgan fingerprint density at radius 2 is 1.95 bits per heavy atom. The van der Waals surface area contributed by atoms with Crippen molar-refractivity contribution in [3.05, 3.63) is 82.9 Å². The average molecular weight is 585 g/mol. The number of rotatable bonds is 11. The fourth-order valence-electron chi connectivity index (χ4n) is 4.25. The van der Waals surface area contributed by atoms with E-state index >= 15 is 0 Å². The third kappa shape index (κ3) is 6.81. The van der Waals surface area contributed by atoms with E-state index in [2.05, 4.69) is 20.0 Å². The van der Waals surface area contributed by atoms with Crippen molar-refractivity contribution in [2.24, 2.45) is 0 Å². The standard InChI is InChI=1S/C26H29N6O8P/c1-16(25(35)37-13-17-8-4-2-5-9-17)31-41(36,40-18-10-6-3-7-11-18)38-14-19-12-20(33)24(39-19)32-15-28-21-22(32)29-26(27)30-23(21)34/h2-11,15-16,19-20,24,33H,12-14H2,1H3,(H,31,36)(H3,27,29,30,34)/t16-,19-,20?,24+,41?/m0/s1. The SMILES string of the molecule is C[C@H](NP(=O)(OC[C@@H]1CC(O)[C@H](n2cnc3c(=O)[nH]c(N)nc32)O1)Oc1ccccc1)C(=O)OCc1ccccc1. The first-order chi connectivity index (χ1) is 19.7. The predicted molar refractivity (Wildman–Crippen MR) is 147 cm³/mol. The van der Waals surface area contributed by atoms with Crippen LogP contribution in [0.25, 0.3) is 11.2 Å². The summed E-state index contributed by atoms with van der Waals surface area (Å²) < 4.78 is 37.9. The summed E-state index contributed by atoms with van der Waals surface area (Å²) in [6, 6.07) is 16.4. The van der Waals surface area contributed by atoms with Crippen molar-refractivity contribution in [2.75, 3.05) is 12.3 Å². The number of nitrogens with zero attached hydrogens (tertiary/aromatic N) is 3. The van der Waals surface area contributed by atoms with Crippen LogP contribution in [0.2, 0.25) is 0 Å². The Kier molecular flexibility index (Phi) is 8.47. The van der Waals surface area contributed by atoms with Gasteiger partial charge in [-0.25, -0.2) is 9.55 Å². The summed E-state index contributed by atoms with van der Waals surface area (Å²) in [5.41, 5.74) is 6.11. The Morgan fingerprint density at radius 1 is 1.24 bits per heavy atom. The molecule has 1 saturated heterocycles. The second kappa shape index (κ2) is 12.2. The number of para-hydroxylation sites is 1. The van der Waals surface area contributed by atoms with Crippen molar-refractivity contribution in [3.8, 4) is 5.75 Å². The molecule has 0 saturated carbocycles. The number of esters is 1. The van der Waals surface area contributed by atoms with Gasteiger partial charge in [-0.2, -0.15) is 10.1 Å². The van der Waals surface area contributed by atoms with Crippen LogP contribution in [0.3, 0.4) is 0 Å². The van der Waals surface area contributed by atoms with E-state index in [4.69, 9.17) is 24.3 Å². The van der Waals surface area contributed by atoms with E-state index in [1.54, 1.807) is 30.3 Å². The maximum absolute atomic E-state index is 13.8. The molecule has 216 valence electrons. The molecule has 0 radical (unpaired) electrons. The monoisotopic (exact) mass is 584 g/mol. The summed E-state index contributed by atoms with van der Waals surface area (Å²) in [6.07, 6.45) is -1.31. The number of ether oxygens (including phenoxy) is 2. The molecule has 5 N–H and O–H groups in total. The van der Waals surface area contributed by atoms with E-state index in [0.29, 0.717) is 0 Å². The molecular formula is C26H29N6O8P. The van der Waals surface area contributed by atoms with Crippen molar-refractivity contribution < 1.29 is 33.0 Å². The van der Waals surface area contributed by atoms with Crippen LogP contribution in [0, 0.1) is 0 Å². The normalized spacial score (nSPS) is 20.9. The third-order valence-corrected chi connectivity index (χ3v) is 7.86. The number of aromatic nitrogens is 4. The molecule has 41 heavy (non-hydrogen) atoms. The lowest BCUT2D eigenvalue weighted by atomic mass is 10.2. The maximum Gasteiger partial charge on any atom is 0.459 e. The molecule has 4 aromatic rings. The van der Waals surface area contributed by atoms with Crippen molar-refractivity contribution >= 4 is 30.8 Å². The minimum atomic E-state index is -4.16. The smallest absolute Gasteiger partial charge is 0.459 e. The first-order valence-corrected chi connectivity index (χ1v) is 14.3. The molecule has 5 atom stereocenters. The van der Waals surface area contributed by atoms with E-state index in [1.165, 1.54) is 17.8 Å². The van der Waals surface area contributed by atoms with Gasteiger partial charge in [0, 0.05) is 6.42 Å². The molecule has 3 heterocycles. The largest absolute Gasteiger partial charge is 0.460 e. The molecule has 0 aliphatic carbocycles. The lowest BCUT2D eigenvalue weighted by molar-refractivity contribution is -0.146. The van der Waals surface area contributed by atoms with Crippen molar-refractivity contribution in [1.29, 1.82) is 0 Å². The highest BCUT2D eigenvalue weighted by Crippen LogP contribution is 2.46. The Hall–Kier alpha value is -4.07. The number of hydrogen-bond acceptors (Lipinski definition) is 11. The van der Waals surface area contributed by atoms with E-state index in [0.717, 1.165) is 5.56 Å². The minimum Gasteiger partial charge on any atom is -0.460 e. The van der Waals surface area contributed by atoms with Gasteiger partial charge in [-0.3, -0.25) is 23.7 Å². The number of carbonyl (C=O) groups is 1. The van der Waals surface area contributed by atoms with Crippen LogP contribution in [0.15, 0.2) is 71.8 Å². The summed E-state index contributed by atoms with van der Waals surface area (Å²) in [5, 5.41) is 13.3. The van der Waals surface area contributed by atoms with Gasteiger partial charge in [0.05, 0.1) is 19.0 Å². The van der Waals surface area contributed by atoms with Crippen LogP contribution in [-0.4, -0.2) is 55.5 Å². The van der Waals surface area contributed by atoms with Gasteiger partial charge in [0.25, 0.3) is 5.56 Å². The zero-order chi connectivity index (χ0) is 29.0. The second-order valence-corrected chi connectivity index (χ2v) is 11.1. The van der Waals surface area contributed by atoms with E-state index in [1.807, 2.05) is 30.3 Å². The van der Waals surface area contributed by atoms with Crippen molar-refractivity contribution in [3.63, 3.8) is 0 Å². The molecule has 1 aliphatic rings. The highest BCUT2D eigenvalue weighted by Gasteiger charge is 2.39. The predicted octanol–water partition coefficient (Wildman–Crippen LogP) is 2.28. The molecule has 0 amide bonds. The number of aliphatic hydroxyl groups is 1.